The van der Waals surface area contributed by atoms with Crippen molar-refractivity contribution in [2.75, 3.05) is 0 Å². The van der Waals surface area contributed by atoms with Crippen LogP contribution in [-0.2, 0) is 5.75 Å². The monoisotopic (exact) mass is 282 g/mol. The van der Waals surface area contributed by atoms with Gasteiger partial charge in [-0.3, -0.25) is 4.57 Å². The van der Waals surface area contributed by atoms with Crippen molar-refractivity contribution in [3.63, 3.8) is 0 Å². The van der Waals surface area contributed by atoms with Gasteiger partial charge in [-0.25, -0.2) is 14.9 Å². The summed E-state index contributed by atoms with van der Waals surface area (Å²) in [5.41, 5.74) is 0.950. The third-order valence-electron chi connectivity index (χ3n) is 2.74. The molecule has 1 saturated carbocycles. The molecule has 94 valence electrons. The summed E-state index contributed by atoms with van der Waals surface area (Å²) in [4.78, 5) is 15.5. The van der Waals surface area contributed by atoms with Crippen LogP contribution in [0.3, 0.4) is 0 Å². The fourth-order valence-corrected chi connectivity index (χ4v) is 2.88. The highest BCUT2D eigenvalue weighted by atomic mass is 35.5. The second-order valence-corrected chi connectivity index (χ2v) is 5.52. The van der Waals surface area contributed by atoms with E-state index in [4.69, 9.17) is 11.6 Å². The lowest BCUT2D eigenvalue weighted by Crippen LogP contribution is -2.16. The molecule has 0 saturated heterocycles. The van der Waals surface area contributed by atoms with Gasteiger partial charge in [0, 0.05) is 18.0 Å². The van der Waals surface area contributed by atoms with Crippen LogP contribution in [0.15, 0.2) is 28.3 Å². The summed E-state index contributed by atoms with van der Waals surface area (Å²) >= 11 is 7.36. The van der Waals surface area contributed by atoms with Crippen molar-refractivity contribution in [2.45, 2.75) is 29.8 Å². The van der Waals surface area contributed by atoms with E-state index in [1.54, 1.807) is 10.8 Å². The average Bonchev–Trinajstić information content (AvgIpc) is 3.11. The van der Waals surface area contributed by atoms with Gasteiger partial charge in [0.25, 0.3) is 0 Å². The smallest absolute Gasteiger partial charge is 0.267 e. The fraction of sp³-hybridized carbons (Fsp3) is 0.364. The highest BCUT2D eigenvalue weighted by Crippen LogP contribution is 2.36. The van der Waals surface area contributed by atoms with Crippen LogP contribution in [0, 0.1) is 0 Å². The molecule has 1 aliphatic rings. The van der Waals surface area contributed by atoms with Gasteiger partial charge in [0.15, 0.2) is 5.16 Å². The molecule has 1 fully saturated rings. The lowest BCUT2D eigenvalue weighted by Gasteiger charge is -2.03. The molecule has 2 heterocycles. The molecular weight excluding hydrogens is 272 g/mol. The normalized spacial score (nSPS) is 14.9. The molecule has 0 bridgehead atoms. The Labute approximate surface area is 113 Å². The Balaban J connectivity index is 1.75. The molecule has 1 aliphatic carbocycles. The maximum Gasteiger partial charge on any atom is 0.344 e. The van der Waals surface area contributed by atoms with E-state index in [2.05, 4.69) is 15.2 Å². The van der Waals surface area contributed by atoms with Gasteiger partial charge in [-0.15, -0.1) is 5.10 Å². The summed E-state index contributed by atoms with van der Waals surface area (Å²) in [6, 6.07) is 4.06. The van der Waals surface area contributed by atoms with Gasteiger partial charge >= 0.3 is 5.69 Å². The van der Waals surface area contributed by atoms with Gasteiger partial charge in [0.1, 0.15) is 5.15 Å². The predicted molar refractivity (Wildman–Crippen MR) is 69.9 cm³/mol. The number of halogens is 1. The van der Waals surface area contributed by atoms with E-state index in [9.17, 15) is 4.79 Å². The largest absolute Gasteiger partial charge is 0.344 e. The summed E-state index contributed by atoms with van der Waals surface area (Å²) < 4.78 is 1.74. The molecule has 7 heteroatoms. The molecule has 18 heavy (non-hydrogen) atoms. The molecule has 5 nitrogen and oxygen atoms in total. The fourth-order valence-electron chi connectivity index (χ4n) is 1.73. The Kier molecular flexibility index (Phi) is 3.13. The lowest BCUT2D eigenvalue weighted by molar-refractivity contribution is 0.642. The van der Waals surface area contributed by atoms with Crippen molar-refractivity contribution in [1.29, 1.82) is 0 Å². The quantitative estimate of drug-likeness (QED) is 0.690. The number of hydrogen-bond acceptors (Lipinski definition) is 4. The molecule has 0 aromatic carbocycles. The Morgan fingerprint density at radius 1 is 1.56 bits per heavy atom. The zero-order valence-corrected chi connectivity index (χ0v) is 11.0. The summed E-state index contributed by atoms with van der Waals surface area (Å²) in [6.45, 7) is 0. The molecular formula is C11H11ClN4OS. The van der Waals surface area contributed by atoms with Crippen LogP contribution in [0.5, 0.6) is 0 Å². The van der Waals surface area contributed by atoms with Crippen LogP contribution >= 0.6 is 23.4 Å². The number of aromatic nitrogens is 4. The average molecular weight is 283 g/mol. The minimum Gasteiger partial charge on any atom is -0.267 e. The zero-order valence-electron chi connectivity index (χ0n) is 9.47. The Bertz CT molecular complexity index is 620. The van der Waals surface area contributed by atoms with E-state index in [0.29, 0.717) is 11.2 Å². The summed E-state index contributed by atoms with van der Waals surface area (Å²) in [5, 5.41) is 7.79. The molecule has 0 radical (unpaired) electrons. The van der Waals surface area contributed by atoms with Gasteiger partial charge in [-0.1, -0.05) is 23.4 Å². The Morgan fingerprint density at radius 3 is 3.11 bits per heavy atom. The third-order valence-corrected chi connectivity index (χ3v) is 3.97. The van der Waals surface area contributed by atoms with E-state index in [0.717, 1.165) is 29.3 Å². The number of rotatable bonds is 4. The van der Waals surface area contributed by atoms with E-state index in [1.807, 2.05) is 12.1 Å². The summed E-state index contributed by atoms with van der Waals surface area (Å²) in [6.07, 6.45) is 3.80. The Morgan fingerprint density at radius 2 is 2.39 bits per heavy atom. The topological polar surface area (TPSA) is 63.6 Å². The molecule has 2 aromatic rings. The standard InChI is InChI=1S/C11H11ClN4OS/c12-9-5-7(3-4-13-9)6-18-11-15-14-10(17)16(11)8-1-2-8/h3-5,8H,1-2,6H2,(H,14,17). The molecule has 1 N–H and O–H groups in total. The Hall–Kier alpha value is -1.27. The molecule has 0 amide bonds. The molecule has 0 atom stereocenters. The second-order valence-electron chi connectivity index (χ2n) is 4.19. The lowest BCUT2D eigenvalue weighted by atomic mass is 10.3. The SMILES string of the molecule is O=c1[nH]nc(SCc2ccnc(Cl)c2)n1C1CC1. The maximum absolute atomic E-state index is 11.6. The van der Waals surface area contributed by atoms with Gasteiger partial charge in [-0.05, 0) is 30.5 Å². The second kappa shape index (κ2) is 4.78. The van der Waals surface area contributed by atoms with Gasteiger partial charge in [0.2, 0.25) is 0 Å². The number of pyridine rings is 1. The third kappa shape index (κ3) is 2.44. The van der Waals surface area contributed by atoms with Crippen LogP contribution in [-0.4, -0.2) is 19.7 Å². The minimum absolute atomic E-state index is 0.118. The van der Waals surface area contributed by atoms with Gasteiger partial charge < -0.3 is 0 Å². The summed E-state index contributed by atoms with van der Waals surface area (Å²) in [5.74, 6) is 0.721. The first-order valence-corrected chi connectivity index (χ1v) is 7.00. The van der Waals surface area contributed by atoms with Gasteiger partial charge in [-0.2, -0.15) is 0 Å². The zero-order chi connectivity index (χ0) is 12.5. The minimum atomic E-state index is -0.118. The van der Waals surface area contributed by atoms with Crippen molar-refractivity contribution in [3.05, 3.63) is 39.5 Å². The van der Waals surface area contributed by atoms with Crippen LogP contribution in [0.2, 0.25) is 5.15 Å². The van der Waals surface area contributed by atoms with E-state index in [1.165, 1.54) is 11.8 Å². The highest BCUT2D eigenvalue weighted by Gasteiger charge is 2.28. The highest BCUT2D eigenvalue weighted by molar-refractivity contribution is 7.98. The van der Waals surface area contributed by atoms with Crippen molar-refractivity contribution >= 4 is 23.4 Å². The molecule has 0 spiro atoms. The molecule has 0 unspecified atom stereocenters. The number of aromatic amines is 1. The number of H-pyrrole nitrogens is 1. The molecule has 0 aliphatic heterocycles. The predicted octanol–water partition coefficient (Wildman–Crippen LogP) is 2.25. The van der Waals surface area contributed by atoms with E-state index in [-0.39, 0.29) is 5.69 Å². The van der Waals surface area contributed by atoms with Gasteiger partial charge in [0.05, 0.1) is 0 Å². The van der Waals surface area contributed by atoms with Crippen LogP contribution in [0.25, 0.3) is 0 Å². The number of nitrogens with one attached hydrogen (secondary N) is 1. The van der Waals surface area contributed by atoms with Crippen LogP contribution in [0.4, 0.5) is 0 Å². The number of thioether (sulfide) groups is 1. The first kappa shape index (κ1) is 11.8. The first-order chi connectivity index (χ1) is 8.74. The van der Waals surface area contributed by atoms with Crippen molar-refractivity contribution in [1.82, 2.24) is 19.7 Å². The van der Waals surface area contributed by atoms with Crippen molar-refractivity contribution in [2.24, 2.45) is 0 Å². The molecule has 2 aromatic heterocycles. The van der Waals surface area contributed by atoms with Crippen molar-refractivity contribution in [3.8, 4) is 0 Å². The number of nitrogens with zero attached hydrogens (tertiary/aromatic N) is 3. The van der Waals surface area contributed by atoms with Crippen molar-refractivity contribution < 1.29 is 0 Å². The van der Waals surface area contributed by atoms with Crippen LogP contribution in [0.1, 0.15) is 24.4 Å². The first-order valence-electron chi connectivity index (χ1n) is 5.64. The van der Waals surface area contributed by atoms with E-state index < -0.39 is 0 Å². The summed E-state index contributed by atoms with van der Waals surface area (Å²) in [7, 11) is 0. The maximum atomic E-state index is 11.6. The number of hydrogen-bond donors (Lipinski definition) is 1. The van der Waals surface area contributed by atoms with Crippen LogP contribution < -0.4 is 5.69 Å². The van der Waals surface area contributed by atoms with E-state index >= 15 is 0 Å². The molecule has 3 rings (SSSR count).